The average Bonchev–Trinajstić information content (AvgIpc) is 2.48. The van der Waals surface area contributed by atoms with Crippen LogP contribution in [0, 0.1) is 0 Å². The van der Waals surface area contributed by atoms with Crippen molar-refractivity contribution in [2.24, 2.45) is 0 Å². The third-order valence-electron chi connectivity index (χ3n) is 3.72. The van der Waals surface area contributed by atoms with Gasteiger partial charge in [-0.25, -0.2) is 0 Å². The highest BCUT2D eigenvalue weighted by Crippen LogP contribution is 2.25. The number of carbonyl (C=O) groups is 1. The maximum absolute atomic E-state index is 12.4. The van der Waals surface area contributed by atoms with Crippen molar-refractivity contribution in [1.29, 1.82) is 0 Å². The molecule has 1 saturated heterocycles. The summed E-state index contributed by atoms with van der Waals surface area (Å²) in [5.74, 6) is 0.0931. The molecule has 0 unspecified atom stereocenters. The molecule has 1 aromatic carbocycles. The number of aromatic hydroxyl groups is 1. The summed E-state index contributed by atoms with van der Waals surface area (Å²) in [6.45, 7) is 5.36. The molecule has 0 radical (unpaired) electrons. The summed E-state index contributed by atoms with van der Waals surface area (Å²) in [6.07, 6.45) is 0. The number of phenolic OH excluding ortho intramolecular Hbond substituents is 1. The van der Waals surface area contributed by atoms with E-state index in [4.69, 9.17) is 0 Å². The van der Waals surface area contributed by atoms with Crippen LogP contribution >= 0.6 is 15.9 Å². The summed E-state index contributed by atoms with van der Waals surface area (Å²) in [6, 6.07) is 4.96. The second-order valence-corrected chi connectivity index (χ2v) is 6.46. The van der Waals surface area contributed by atoms with Crippen LogP contribution in [0.2, 0.25) is 0 Å². The maximum Gasteiger partial charge on any atom is 0.254 e. The van der Waals surface area contributed by atoms with Gasteiger partial charge in [0.15, 0.2) is 0 Å². The van der Waals surface area contributed by atoms with Crippen molar-refractivity contribution in [1.82, 2.24) is 14.7 Å². The van der Waals surface area contributed by atoms with Gasteiger partial charge in [-0.3, -0.25) is 9.69 Å². The van der Waals surface area contributed by atoms with Crippen molar-refractivity contribution in [3.63, 3.8) is 0 Å². The molecular formula is C15H22BrN3O2. The number of benzene rings is 1. The summed E-state index contributed by atoms with van der Waals surface area (Å²) >= 11 is 3.23. The molecule has 2 rings (SSSR count). The molecule has 5 nitrogen and oxygen atoms in total. The van der Waals surface area contributed by atoms with Crippen LogP contribution in [0.15, 0.2) is 22.7 Å². The number of likely N-dealkylation sites (N-methyl/N-ethyl adjacent to an activating group) is 1. The van der Waals surface area contributed by atoms with E-state index in [1.54, 1.807) is 12.1 Å². The van der Waals surface area contributed by atoms with E-state index < -0.39 is 0 Å². The molecule has 0 aromatic heterocycles. The van der Waals surface area contributed by atoms with Gasteiger partial charge in [0, 0.05) is 44.8 Å². The molecule has 1 amide bonds. The average molecular weight is 356 g/mol. The minimum Gasteiger partial charge on any atom is -0.507 e. The first kappa shape index (κ1) is 16.3. The molecule has 0 atom stereocenters. The molecule has 0 bridgehead atoms. The van der Waals surface area contributed by atoms with Crippen LogP contribution in [0.3, 0.4) is 0 Å². The minimum absolute atomic E-state index is 0.00920. The zero-order valence-corrected chi connectivity index (χ0v) is 14.1. The second kappa shape index (κ2) is 7.24. The van der Waals surface area contributed by atoms with Gasteiger partial charge in [0.05, 0.1) is 4.47 Å². The SMILES string of the molecule is CN(C)CCN1CCN(C(=O)c2ccc(Br)c(O)c2)CC1. The molecule has 0 spiro atoms. The monoisotopic (exact) mass is 355 g/mol. The first-order valence-corrected chi connectivity index (χ1v) is 7.91. The van der Waals surface area contributed by atoms with E-state index in [0.29, 0.717) is 10.0 Å². The summed E-state index contributed by atoms with van der Waals surface area (Å²) in [7, 11) is 4.14. The normalized spacial score (nSPS) is 16.5. The molecule has 21 heavy (non-hydrogen) atoms. The third-order valence-corrected chi connectivity index (χ3v) is 4.39. The highest BCUT2D eigenvalue weighted by atomic mass is 79.9. The summed E-state index contributed by atoms with van der Waals surface area (Å²) in [4.78, 5) is 18.8. The van der Waals surface area contributed by atoms with Gasteiger partial charge in [-0.2, -0.15) is 0 Å². The number of hydrogen-bond donors (Lipinski definition) is 1. The number of hydrogen-bond acceptors (Lipinski definition) is 4. The molecule has 0 aliphatic carbocycles. The van der Waals surface area contributed by atoms with Gasteiger partial charge < -0.3 is 14.9 Å². The van der Waals surface area contributed by atoms with Crippen molar-refractivity contribution in [2.75, 3.05) is 53.4 Å². The van der Waals surface area contributed by atoms with Gasteiger partial charge in [0.2, 0.25) is 0 Å². The molecule has 1 fully saturated rings. The van der Waals surface area contributed by atoms with Crippen molar-refractivity contribution < 1.29 is 9.90 Å². The molecule has 0 saturated carbocycles. The lowest BCUT2D eigenvalue weighted by Crippen LogP contribution is -2.49. The largest absolute Gasteiger partial charge is 0.507 e. The number of piperazine rings is 1. The lowest BCUT2D eigenvalue weighted by molar-refractivity contribution is 0.0629. The fraction of sp³-hybridized carbons (Fsp3) is 0.533. The topological polar surface area (TPSA) is 47.0 Å². The Labute approximate surface area is 134 Å². The molecular weight excluding hydrogens is 334 g/mol. The number of halogens is 1. The summed E-state index contributed by atoms with van der Waals surface area (Å²) in [5, 5.41) is 9.68. The fourth-order valence-electron chi connectivity index (χ4n) is 2.34. The third kappa shape index (κ3) is 4.43. The highest BCUT2D eigenvalue weighted by molar-refractivity contribution is 9.10. The number of carbonyl (C=O) groups excluding carboxylic acids is 1. The van der Waals surface area contributed by atoms with Crippen LogP contribution in [0.1, 0.15) is 10.4 Å². The maximum atomic E-state index is 12.4. The first-order valence-electron chi connectivity index (χ1n) is 7.12. The van der Waals surface area contributed by atoms with Crippen LogP contribution in [0.5, 0.6) is 5.75 Å². The predicted molar refractivity (Wildman–Crippen MR) is 86.7 cm³/mol. The van der Waals surface area contributed by atoms with Gasteiger partial charge >= 0.3 is 0 Å². The number of rotatable bonds is 4. The molecule has 1 aliphatic rings. The van der Waals surface area contributed by atoms with Gasteiger partial charge in [-0.1, -0.05) is 0 Å². The summed E-state index contributed by atoms with van der Waals surface area (Å²) in [5.41, 5.74) is 0.539. The lowest BCUT2D eigenvalue weighted by atomic mass is 10.1. The molecule has 6 heteroatoms. The van der Waals surface area contributed by atoms with E-state index in [1.165, 1.54) is 6.07 Å². The quantitative estimate of drug-likeness (QED) is 0.888. The Bertz CT molecular complexity index is 500. The van der Waals surface area contributed by atoms with E-state index in [9.17, 15) is 9.90 Å². The Hall–Kier alpha value is -1.11. The molecule has 1 aliphatic heterocycles. The van der Waals surface area contributed by atoms with E-state index in [2.05, 4.69) is 39.8 Å². The standard InChI is InChI=1S/C15H22BrN3O2/c1-17(2)5-6-18-7-9-19(10-8-18)15(21)12-3-4-13(16)14(20)11-12/h3-4,11,20H,5-10H2,1-2H3. The lowest BCUT2D eigenvalue weighted by Gasteiger charge is -2.35. The molecule has 1 aromatic rings. The summed E-state index contributed by atoms with van der Waals surface area (Å²) < 4.78 is 0.604. The van der Waals surface area contributed by atoms with Crippen molar-refractivity contribution in [3.8, 4) is 5.75 Å². The molecule has 1 heterocycles. The van der Waals surface area contributed by atoms with E-state index in [1.807, 2.05) is 4.90 Å². The zero-order valence-electron chi connectivity index (χ0n) is 12.5. The number of nitrogens with zero attached hydrogens (tertiary/aromatic N) is 3. The Kier molecular flexibility index (Phi) is 5.61. The Morgan fingerprint density at radius 2 is 1.95 bits per heavy atom. The van der Waals surface area contributed by atoms with Crippen LogP contribution in [-0.2, 0) is 0 Å². The number of amides is 1. The van der Waals surface area contributed by atoms with Gasteiger partial charge in [-0.15, -0.1) is 0 Å². The Morgan fingerprint density at radius 1 is 1.29 bits per heavy atom. The van der Waals surface area contributed by atoms with Gasteiger partial charge in [0.25, 0.3) is 5.91 Å². The van der Waals surface area contributed by atoms with E-state index in [0.717, 1.165) is 39.3 Å². The zero-order chi connectivity index (χ0) is 15.4. The smallest absolute Gasteiger partial charge is 0.254 e. The van der Waals surface area contributed by atoms with E-state index in [-0.39, 0.29) is 11.7 Å². The van der Waals surface area contributed by atoms with Gasteiger partial charge in [-0.05, 0) is 48.2 Å². The number of phenols is 1. The Balaban J connectivity index is 1.89. The first-order chi connectivity index (χ1) is 9.97. The van der Waals surface area contributed by atoms with Crippen LogP contribution in [0.25, 0.3) is 0 Å². The molecule has 1 N–H and O–H groups in total. The Morgan fingerprint density at radius 3 is 2.52 bits per heavy atom. The van der Waals surface area contributed by atoms with Crippen molar-refractivity contribution in [3.05, 3.63) is 28.2 Å². The van der Waals surface area contributed by atoms with E-state index >= 15 is 0 Å². The fourth-order valence-corrected chi connectivity index (χ4v) is 2.59. The van der Waals surface area contributed by atoms with Crippen LogP contribution < -0.4 is 0 Å². The molecule has 116 valence electrons. The second-order valence-electron chi connectivity index (χ2n) is 5.60. The minimum atomic E-state index is -0.00920. The van der Waals surface area contributed by atoms with Gasteiger partial charge in [0.1, 0.15) is 5.75 Å². The van der Waals surface area contributed by atoms with Crippen molar-refractivity contribution in [2.45, 2.75) is 0 Å². The highest BCUT2D eigenvalue weighted by Gasteiger charge is 2.22. The predicted octanol–water partition coefficient (Wildman–Crippen LogP) is 1.47. The van der Waals surface area contributed by atoms with Crippen molar-refractivity contribution >= 4 is 21.8 Å². The van der Waals surface area contributed by atoms with Crippen LogP contribution in [-0.4, -0.2) is 79.1 Å². The van der Waals surface area contributed by atoms with Crippen LogP contribution in [0.4, 0.5) is 0 Å².